The highest BCUT2D eigenvalue weighted by Gasteiger charge is 2.48. The van der Waals surface area contributed by atoms with Crippen LogP contribution in [0.1, 0.15) is 75.3 Å². The molecule has 1 saturated carbocycles. The third kappa shape index (κ3) is 5.62. The van der Waals surface area contributed by atoms with E-state index in [-0.39, 0.29) is 29.2 Å². The molecule has 0 bridgehead atoms. The van der Waals surface area contributed by atoms with Crippen molar-refractivity contribution in [1.29, 1.82) is 5.26 Å². The van der Waals surface area contributed by atoms with Crippen LogP contribution < -0.4 is 4.72 Å². The predicted molar refractivity (Wildman–Crippen MR) is 149 cm³/mol. The molecule has 0 spiro atoms. The number of pyridine rings is 1. The molecular formula is C27H34FN7O3S2. The van der Waals surface area contributed by atoms with Crippen molar-refractivity contribution in [3.63, 3.8) is 0 Å². The summed E-state index contributed by atoms with van der Waals surface area (Å²) in [7, 11) is -3.86. The minimum Gasteiger partial charge on any atom is -0.342 e. The number of hydrogen-bond acceptors (Lipinski definition) is 8. The van der Waals surface area contributed by atoms with Gasteiger partial charge in [-0.25, -0.2) is 18.1 Å². The number of nitrogens with zero attached hydrogens (tertiary/aromatic N) is 6. The van der Waals surface area contributed by atoms with Gasteiger partial charge < -0.3 is 4.90 Å². The molecule has 5 rings (SSSR count). The molecule has 0 radical (unpaired) electrons. The van der Waals surface area contributed by atoms with Crippen molar-refractivity contribution in [3.8, 4) is 16.9 Å². The topological polar surface area (TPSA) is 133 Å². The second kappa shape index (κ2) is 11.5. The Hall–Kier alpha value is -2.95. The second-order valence-electron chi connectivity index (χ2n) is 11.0. The van der Waals surface area contributed by atoms with Crippen molar-refractivity contribution in [2.45, 2.75) is 75.0 Å². The number of unbranched alkanes of at least 4 members (excludes halogenated alkanes) is 2. The Labute approximate surface area is 237 Å². The number of likely N-dealkylation sites (tertiary alicyclic amines) is 1. The summed E-state index contributed by atoms with van der Waals surface area (Å²) in [5.74, 6) is 0.571. The van der Waals surface area contributed by atoms with E-state index in [1.807, 2.05) is 18.7 Å². The van der Waals surface area contributed by atoms with E-state index in [4.69, 9.17) is 0 Å². The van der Waals surface area contributed by atoms with Crippen LogP contribution in [0.4, 0.5) is 4.39 Å². The number of sulfonamides is 1. The molecule has 0 atom stereocenters. The first-order chi connectivity index (χ1) is 19.2. The molecule has 0 aromatic carbocycles. The van der Waals surface area contributed by atoms with Gasteiger partial charge in [0.05, 0.1) is 29.4 Å². The van der Waals surface area contributed by atoms with Crippen LogP contribution >= 0.6 is 11.3 Å². The summed E-state index contributed by atoms with van der Waals surface area (Å²) in [6, 6.07) is 4.06. The highest BCUT2D eigenvalue weighted by molar-refractivity contribution is 7.89. The Morgan fingerprint density at radius 3 is 2.65 bits per heavy atom. The van der Waals surface area contributed by atoms with Gasteiger partial charge in [-0.15, -0.1) is 10.2 Å². The molecule has 0 unspecified atom stereocenters. The number of carbonyl (C=O) groups is 1. The summed E-state index contributed by atoms with van der Waals surface area (Å²) < 4.78 is 43.6. The lowest BCUT2D eigenvalue weighted by Gasteiger charge is -2.33. The molecule has 4 heterocycles. The highest BCUT2D eigenvalue weighted by atomic mass is 32.2. The second-order valence-corrected chi connectivity index (χ2v) is 13.7. The third-order valence-electron chi connectivity index (χ3n) is 7.79. The van der Waals surface area contributed by atoms with Gasteiger partial charge in [0.25, 0.3) is 0 Å². The van der Waals surface area contributed by atoms with Gasteiger partial charge in [-0.2, -0.15) is 5.26 Å². The van der Waals surface area contributed by atoms with Crippen molar-refractivity contribution in [2.75, 3.05) is 26.3 Å². The van der Waals surface area contributed by atoms with Gasteiger partial charge in [0, 0.05) is 31.7 Å². The van der Waals surface area contributed by atoms with Crippen LogP contribution in [0, 0.1) is 17.2 Å². The number of carbonyl (C=O) groups excluding carboxylic acids is 1. The SMILES string of the molecule is CC(C)C(=O)N1CCC(c2cc(S(=O)(=O)NCCCCCF)cn3c(-c4nnc(C5(C#N)CC5)s4)ncc23)CC1. The van der Waals surface area contributed by atoms with Crippen LogP contribution in [0.2, 0.25) is 0 Å². The predicted octanol–water partition coefficient (Wildman–Crippen LogP) is 4.19. The van der Waals surface area contributed by atoms with Gasteiger partial charge in [-0.1, -0.05) is 25.2 Å². The largest absolute Gasteiger partial charge is 0.342 e. The average molecular weight is 588 g/mol. The molecule has 1 aliphatic heterocycles. The van der Waals surface area contributed by atoms with Crippen molar-refractivity contribution < 1.29 is 17.6 Å². The number of halogens is 1. The van der Waals surface area contributed by atoms with Gasteiger partial charge in [0.1, 0.15) is 10.4 Å². The molecule has 3 aromatic heterocycles. The number of hydrogen-bond donors (Lipinski definition) is 1. The van der Waals surface area contributed by atoms with E-state index in [1.165, 1.54) is 11.3 Å². The summed E-state index contributed by atoms with van der Waals surface area (Å²) >= 11 is 1.31. The summed E-state index contributed by atoms with van der Waals surface area (Å²) in [5, 5.41) is 19.3. The van der Waals surface area contributed by atoms with Gasteiger partial charge in [0.15, 0.2) is 10.8 Å². The minimum absolute atomic E-state index is 0.0428. The van der Waals surface area contributed by atoms with Gasteiger partial charge >= 0.3 is 0 Å². The molecule has 1 saturated heterocycles. The van der Waals surface area contributed by atoms with E-state index < -0.39 is 22.1 Å². The highest BCUT2D eigenvalue weighted by Crippen LogP contribution is 2.49. The monoisotopic (exact) mass is 587 g/mol. The number of amides is 1. The maximum absolute atomic E-state index is 13.4. The number of fused-ring (bicyclic) bond motifs is 1. The zero-order valence-corrected chi connectivity index (χ0v) is 24.4. The van der Waals surface area contributed by atoms with E-state index in [0.29, 0.717) is 61.0 Å². The average Bonchev–Trinajstić information content (AvgIpc) is 3.38. The standard InChI is InChI=1S/C27H34FN7O3S2/c1-18(2)25(36)34-12-6-19(7-13-34)21-14-20(40(37,38)31-11-5-3-4-10-28)16-35-22(21)15-30-23(35)24-32-33-26(39-24)27(17-29)8-9-27/h14-16,18-19,31H,3-13H2,1-2H3. The van der Waals surface area contributed by atoms with E-state index in [0.717, 1.165) is 23.9 Å². The van der Waals surface area contributed by atoms with E-state index in [1.54, 1.807) is 22.9 Å². The molecule has 1 N–H and O–H groups in total. The zero-order chi connectivity index (χ0) is 28.5. The van der Waals surface area contributed by atoms with Crippen LogP contribution in [0.25, 0.3) is 16.3 Å². The summed E-state index contributed by atoms with van der Waals surface area (Å²) in [5.41, 5.74) is 1.07. The molecule has 10 nitrogen and oxygen atoms in total. The number of piperidine rings is 1. The molecule has 2 aliphatic rings. The molecule has 214 valence electrons. The van der Waals surface area contributed by atoms with Crippen molar-refractivity contribution in [2.24, 2.45) is 5.92 Å². The number of nitriles is 1. The Kier molecular flexibility index (Phi) is 8.22. The van der Waals surface area contributed by atoms with Crippen molar-refractivity contribution in [1.82, 2.24) is 29.2 Å². The van der Waals surface area contributed by atoms with Crippen LogP contribution in [-0.4, -0.2) is 65.1 Å². The van der Waals surface area contributed by atoms with Crippen LogP contribution in [0.15, 0.2) is 23.4 Å². The quantitative estimate of drug-likeness (QED) is 0.333. The lowest BCUT2D eigenvalue weighted by Crippen LogP contribution is -2.40. The number of nitrogens with one attached hydrogen (secondary N) is 1. The first-order valence-corrected chi connectivity index (χ1v) is 16.1. The maximum Gasteiger partial charge on any atom is 0.242 e. The normalized spacial score (nSPS) is 17.4. The van der Waals surface area contributed by atoms with E-state index >= 15 is 0 Å². The fourth-order valence-electron chi connectivity index (χ4n) is 5.20. The minimum atomic E-state index is -3.86. The Morgan fingerprint density at radius 2 is 2.00 bits per heavy atom. The van der Waals surface area contributed by atoms with Crippen LogP contribution in [0.5, 0.6) is 0 Å². The van der Waals surface area contributed by atoms with E-state index in [2.05, 4.69) is 26.0 Å². The Bertz CT molecular complexity index is 1530. The molecular weight excluding hydrogens is 553 g/mol. The molecule has 13 heteroatoms. The van der Waals surface area contributed by atoms with Crippen LogP contribution in [-0.2, 0) is 20.2 Å². The third-order valence-corrected chi connectivity index (χ3v) is 10.3. The van der Waals surface area contributed by atoms with Crippen molar-refractivity contribution in [3.05, 3.63) is 29.0 Å². The Balaban J connectivity index is 1.50. The maximum atomic E-state index is 13.4. The van der Waals surface area contributed by atoms with Gasteiger partial charge in [0.2, 0.25) is 15.9 Å². The van der Waals surface area contributed by atoms with Crippen LogP contribution in [0.3, 0.4) is 0 Å². The van der Waals surface area contributed by atoms with Crippen molar-refractivity contribution >= 4 is 32.8 Å². The lowest BCUT2D eigenvalue weighted by atomic mass is 9.89. The molecule has 1 amide bonds. The number of aromatic nitrogens is 4. The lowest BCUT2D eigenvalue weighted by molar-refractivity contribution is -0.135. The zero-order valence-electron chi connectivity index (χ0n) is 22.8. The molecule has 3 aromatic rings. The summed E-state index contributed by atoms with van der Waals surface area (Å²) in [6.07, 6.45) is 7.77. The molecule has 1 aliphatic carbocycles. The first-order valence-electron chi connectivity index (χ1n) is 13.8. The number of rotatable bonds is 11. The molecule has 2 fully saturated rings. The van der Waals surface area contributed by atoms with Gasteiger partial charge in [-0.3, -0.25) is 13.6 Å². The molecule has 40 heavy (non-hydrogen) atoms. The Morgan fingerprint density at radius 1 is 1.25 bits per heavy atom. The fourth-order valence-corrected chi connectivity index (χ4v) is 7.34. The van der Waals surface area contributed by atoms with Gasteiger partial charge in [-0.05, 0) is 62.5 Å². The van der Waals surface area contributed by atoms with E-state index in [9.17, 15) is 22.9 Å². The number of alkyl halides is 1. The first kappa shape index (κ1) is 28.6. The summed E-state index contributed by atoms with van der Waals surface area (Å²) in [6.45, 7) is 4.80. The fraction of sp³-hybridized carbons (Fsp3) is 0.593. The smallest absolute Gasteiger partial charge is 0.242 e. The summed E-state index contributed by atoms with van der Waals surface area (Å²) in [4.78, 5) is 19.1. The number of imidazole rings is 1.